The summed E-state index contributed by atoms with van der Waals surface area (Å²) < 4.78 is 5.15. The number of phenolic OH excluding ortho intramolecular Hbond substituents is 1. The number of benzene rings is 2. The minimum Gasteiger partial charge on any atom is -0.508 e. The highest BCUT2D eigenvalue weighted by atomic mass is 16.7. The molecule has 1 atom stereocenters. The van der Waals surface area contributed by atoms with Crippen LogP contribution in [0.3, 0.4) is 0 Å². The number of carboxylic acid groups (broad SMARTS) is 1. The minimum absolute atomic E-state index is 0.0281. The number of aromatic hydroxyl groups is 1. The zero-order valence-electron chi connectivity index (χ0n) is 13.8. The third kappa shape index (κ3) is 3.83. The van der Waals surface area contributed by atoms with Crippen molar-refractivity contribution >= 4 is 17.7 Å². The summed E-state index contributed by atoms with van der Waals surface area (Å²) in [7, 11) is 0. The predicted octanol–water partition coefficient (Wildman–Crippen LogP) is 2.47. The minimum atomic E-state index is -1.81. The average Bonchev–Trinajstić information content (AvgIpc) is 3.06. The molecule has 7 nitrogen and oxygen atoms in total. The van der Waals surface area contributed by atoms with Gasteiger partial charge in [-0.15, -0.1) is 0 Å². The van der Waals surface area contributed by atoms with E-state index in [1.54, 1.807) is 24.3 Å². The lowest BCUT2D eigenvalue weighted by atomic mass is 9.91. The van der Waals surface area contributed by atoms with Crippen LogP contribution < -0.4 is 0 Å². The number of carbonyl (C=O) groups is 2. The Morgan fingerprint density at radius 3 is 2.62 bits per heavy atom. The fourth-order valence-electron chi connectivity index (χ4n) is 2.62. The first-order chi connectivity index (χ1) is 12.5. The number of aliphatic carboxylic acids is 1. The SMILES string of the molecule is O=C(C[C@@]1(C(=O)O)CC(c2cccc(O)c2)=NO1)OCc1ccccc1. The first-order valence-electron chi connectivity index (χ1n) is 7.96. The largest absolute Gasteiger partial charge is 0.508 e. The van der Waals surface area contributed by atoms with E-state index < -0.39 is 24.0 Å². The molecule has 2 aromatic rings. The van der Waals surface area contributed by atoms with E-state index in [0.717, 1.165) is 5.56 Å². The van der Waals surface area contributed by atoms with Gasteiger partial charge >= 0.3 is 11.9 Å². The van der Waals surface area contributed by atoms with Gasteiger partial charge in [-0.25, -0.2) is 4.79 Å². The van der Waals surface area contributed by atoms with Gasteiger partial charge in [-0.1, -0.05) is 47.6 Å². The predicted molar refractivity (Wildman–Crippen MR) is 91.6 cm³/mol. The van der Waals surface area contributed by atoms with Crippen LogP contribution in [0, 0.1) is 0 Å². The van der Waals surface area contributed by atoms with Gasteiger partial charge in [0, 0.05) is 12.0 Å². The van der Waals surface area contributed by atoms with Crippen molar-refractivity contribution in [2.45, 2.75) is 25.0 Å². The molecule has 0 aliphatic carbocycles. The fraction of sp³-hybridized carbons (Fsp3) is 0.211. The van der Waals surface area contributed by atoms with Crippen LogP contribution >= 0.6 is 0 Å². The lowest BCUT2D eigenvalue weighted by Gasteiger charge is -2.20. The van der Waals surface area contributed by atoms with Crippen molar-refractivity contribution in [2.24, 2.45) is 5.16 Å². The Hall–Kier alpha value is -3.35. The van der Waals surface area contributed by atoms with Crippen molar-refractivity contribution in [1.82, 2.24) is 0 Å². The van der Waals surface area contributed by atoms with Crippen LogP contribution in [0.1, 0.15) is 24.0 Å². The number of ether oxygens (including phenoxy) is 1. The molecule has 1 heterocycles. The van der Waals surface area contributed by atoms with E-state index in [1.807, 2.05) is 18.2 Å². The van der Waals surface area contributed by atoms with Crippen LogP contribution in [-0.4, -0.2) is 33.5 Å². The number of esters is 1. The van der Waals surface area contributed by atoms with Crippen LogP contribution in [-0.2, 0) is 25.8 Å². The summed E-state index contributed by atoms with van der Waals surface area (Å²) in [5, 5.41) is 22.9. The highest BCUT2D eigenvalue weighted by Crippen LogP contribution is 2.31. The summed E-state index contributed by atoms with van der Waals surface area (Å²) >= 11 is 0. The second-order valence-electron chi connectivity index (χ2n) is 5.98. The third-order valence-electron chi connectivity index (χ3n) is 4.03. The normalized spacial score (nSPS) is 18.7. The van der Waals surface area contributed by atoms with Gasteiger partial charge in [-0.2, -0.15) is 0 Å². The van der Waals surface area contributed by atoms with Crippen molar-refractivity contribution in [1.29, 1.82) is 0 Å². The summed E-state index contributed by atoms with van der Waals surface area (Å²) in [6, 6.07) is 15.3. The molecule has 0 saturated heterocycles. The molecule has 3 rings (SSSR count). The van der Waals surface area contributed by atoms with Gasteiger partial charge < -0.3 is 19.8 Å². The Morgan fingerprint density at radius 2 is 1.92 bits per heavy atom. The number of oxime groups is 1. The molecule has 0 saturated carbocycles. The molecule has 1 aliphatic rings. The molecule has 0 spiro atoms. The number of hydrogen-bond donors (Lipinski definition) is 2. The van der Waals surface area contributed by atoms with Crippen LogP contribution in [0.25, 0.3) is 0 Å². The summed E-state index contributed by atoms with van der Waals surface area (Å²) in [6.45, 7) is 0.0512. The standard InChI is InChI=1S/C19H17NO6/c21-15-8-4-7-14(9-15)16-10-19(18(23)24,26-20-16)11-17(22)25-12-13-5-2-1-3-6-13/h1-9,21H,10-12H2,(H,23,24)/t19-/m1/s1. The van der Waals surface area contributed by atoms with Gasteiger partial charge in [0.15, 0.2) is 0 Å². The van der Waals surface area contributed by atoms with Crippen LogP contribution in [0.15, 0.2) is 59.8 Å². The van der Waals surface area contributed by atoms with Crippen molar-refractivity contribution in [3.63, 3.8) is 0 Å². The molecule has 0 amide bonds. The van der Waals surface area contributed by atoms with Crippen LogP contribution in [0.5, 0.6) is 5.75 Å². The Labute approximate surface area is 149 Å². The molecular formula is C19H17NO6. The zero-order valence-corrected chi connectivity index (χ0v) is 13.8. The Balaban J connectivity index is 1.66. The molecule has 0 fully saturated rings. The number of phenols is 1. The number of carbonyl (C=O) groups excluding carboxylic acids is 1. The molecule has 134 valence electrons. The first-order valence-corrected chi connectivity index (χ1v) is 7.96. The lowest BCUT2D eigenvalue weighted by molar-refractivity contribution is -0.171. The highest BCUT2D eigenvalue weighted by molar-refractivity contribution is 6.05. The van der Waals surface area contributed by atoms with E-state index >= 15 is 0 Å². The third-order valence-corrected chi connectivity index (χ3v) is 4.03. The van der Waals surface area contributed by atoms with Gasteiger partial charge in [-0.05, 0) is 17.7 Å². The Kier molecular flexibility index (Phi) is 4.88. The van der Waals surface area contributed by atoms with Gasteiger partial charge in [0.1, 0.15) is 12.4 Å². The number of carboxylic acids is 1. The van der Waals surface area contributed by atoms with Gasteiger partial charge in [-0.3, -0.25) is 4.79 Å². The van der Waals surface area contributed by atoms with E-state index in [0.29, 0.717) is 11.3 Å². The van der Waals surface area contributed by atoms with E-state index in [1.165, 1.54) is 12.1 Å². The van der Waals surface area contributed by atoms with Gasteiger partial charge in [0.25, 0.3) is 0 Å². The Morgan fingerprint density at radius 1 is 1.15 bits per heavy atom. The second kappa shape index (κ2) is 7.26. The smallest absolute Gasteiger partial charge is 0.351 e. The second-order valence-corrected chi connectivity index (χ2v) is 5.98. The van der Waals surface area contributed by atoms with Crippen molar-refractivity contribution < 1.29 is 29.4 Å². The van der Waals surface area contributed by atoms with Crippen LogP contribution in [0.2, 0.25) is 0 Å². The average molecular weight is 355 g/mol. The summed E-state index contributed by atoms with van der Waals surface area (Å²) in [5.74, 6) is -1.96. The maximum atomic E-state index is 12.1. The summed E-state index contributed by atoms with van der Waals surface area (Å²) in [5.41, 5.74) is -0.131. The van der Waals surface area contributed by atoms with E-state index in [4.69, 9.17) is 9.57 Å². The monoisotopic (exact) mass is 355 g/mol. The van der Waals surface area contributed by atoms with Gasteiger partial charge in [0.2, 0.25) is 5.60 Å². The molecule has 0 bridgehead atoms. The zero-order chi connectivity index (χ0) is 18.6. The number of hydrogen-bond acceptors (Lipinski definition) is 6. The molecular weight excluding hydrogens is 338 g/mol. The van der Waals surface area contributed by atoms with Crippen LogP contribution in [0.4, 0.5) is 0 Å². The van der Waals surface area contributed by atoms with Crippen molar-refractivity contribution in [3.05, 3.63) is 65.7 Å². The summed E-state index contributed by atoms with van der Waals surface area (Å²) in [4.78, 5) is 29.0. The quantitative estimate of drug-likeness (QED) is 0.771. The molecule has 0 aromatic heterocycles. The van der Waals surface area contributed by atoms with E-state index in [-0.39, 0.29) is 18.8 Å². The lowest BCUT2D eigenvalue weighted by Crippen LogP contribution is -2.41. The molecule has 1 aliphatic heterocycles. The molecule has 2 N–H and O–H groups in total. The summed E-state index contributed by atoms with van der Waals surface area (Å²) in [6.07, 6.45) is -0.576. The van der Waals surface area contributed by atoms with E-state index in [9.17, 15) is 19.8 Å². The molecule has 0 unspecified atom stereocenters. The maximum Gasteiger partial charge on any atom is 0.351 e. The molecule has 26 heavy (non-hydrogen) atoms. The topological polar surface area (TPSA) is 105 Å². The van der Waals surface area contributed by atoms with E-state index in [2.05, 4.69) is 5.16 Å². The van der Waals surface area contributed by atoms with Crippen molar-refractivity contribution in [3.8, 4) is 5.75 Å². The van der Waals surface area contributed by atoms with Gasteiger partial charge in [0.05, 0.1) is 12.1 Å². The molecule has 7 heteroatoms. The maximum absolute atomic E-state index is 12.1. The first kappa shape index (κ1) is 17.5. The number of rotatable bonds is 6. The van der Waals surface area contributed by atoms with Crippen molar-refractivity contribution in [2.75, 3.05) is 0 Å². The highest BCUT2D eigenvalue weighted by Gasteiger charge is 2.49. The molecule has 0 radical (unpaired) electrons. The molecule has 2 aromatic carbocycles. The number of nitrogens with zero attached hydrogens (tertiary/aromatic N) is 1. The Bertz CT molecular complexity index is 848. The fourth-order valence-corrected chi connectivity index (χ4v) is 2.62.